The number of nitrogens with one attached hydrogen (secondary N) is 1. The molecule has 0 saturated carbocycles. The Hall–Kier alpha value is -1.14. The lowest BCUT2D eigenvalue weighted by Gasteiger charge is -2.29. The Labute approximate surface area is 114 Å². The molecule has 1 unspecified atom stereocenters. The molecule has 2 heterocycles. The van der Waals surface area contributed by atoms with Crippen LogP contribution in [-0.2, 0) is 14.3 Å². The van der Waals surface area contributed by atoms with Gasteiger partial charge < -0.3 is 19.9 Å². The molecule has 1 N–H and O–H groups in total. The van der Waals surface area contributed by atoms with Gasteiger partial charge in [0.2, 0.25) is 11.8 Å². The summed E-state index contributed by atoms with van der Waals surface area (Å²) in [5.41, 5.74) is 0. The monoisotopic (exact) mass is 269 g/mol. The van der Waals surface area contributed by atoms with Crippen LogP contribution in [-0.4, -0.2) is 73.6 Å². The maximum Gasteiger partial charge on any atom is 0.242 e. The fraction of sp³-hybridized carbons (Fsp3) is 0.846. The summed E-state index contributed by atoms with van der Waals surface area (Å²) in [6.45, 7) is 6.48. The first-order valence-corrected chi connectivity index (χ1v) is 7.10. The van der Waals surface area contributed by atoms with Crippen molar-refractivity contribution in [3.63, 3.8) is 0 Å². The minimum Gasteiger partial charge on any atom is -0.378 e. The quantitative estimate of drug-likeness (QED) is 0.730. The molecule has 2 aliphatic rings. The van der Waals surface area contributed by atoms with Crippen LogP contribution in [0, 0.1) is 0 Å². The largest absolute Gasteiger partial charge is 0.378 e. The molecule has 2 amide bonds. The zero-order valence-corrected chi connectivity index (χ0v) is 11.6. The Morgan fingerprint density at radius 2 is 1.95 bits per heavy atom. The van der Waals surface area contributed by atoms with Gasteiger partial charge >= 0.3 is 0 Å². The number of hydrogen-bond donors (Lipinski definition) is 1. The Morgan fingerprint density at radius 3 is 2.63 bits per heavy atom. The first-order chi connectivity index (χ1) is 9.22. The van der Waals surface area contributed by atoms with Gasteiger partial charge in [-0.05, 0) is 6.42 Å². The zero-order valence-electron chi connectivity index (χ0n) is 11.6. The summed E-state index contributed by atoms with van der Waals surface area (Å²) in [5.74, 6) is 0.277. The first-order valence-electron chi connectivity index (χ1n) is 7.10. The maximum absolute atomic E-state index is 12.3. The molecule has 0 radical (unpaired) electrons. The van der Waals surface area contributed by atoms with Crippen molar-refractivity contribution in [1.29, 1.82) is 0 Å². The normalized spacial score (nSPS) is 25.0. The molecule has 0 aromatic carbocycles. The topological polar surface area (TPSA) is 61.9 Å². The fourth-order valence-electron chi connectivity index (χ4n) is 2.56. The zero-order chi connectivity index (χ0) is 13.7. The minimum atomic E-state index is -0.220. The highest BCUT2D eigenvalue weighted by Gasteiger charge is 2.28. The van der Waals surface area contributed by atoms with Crippen molar-refractivity contribution in [3.05, 3.63) is 0 Å². The van der Waals surface area contributed by atoms with Crippen molar-refractivity contribution in [2.24, 2.45) is 0 Å². The summed E-state index contributed by atoms with van der Waals surface area (Å²) in [7, 11) is 0. The van der Waals surface area contributed by atoms with Crippen LogP contribution in [0.25, 0.3) is 0 Å². The predicted molar refractivity (Wildman–Crippen MR) is 70.7 cm³/mol. The standard InChI is InChI=1S/C13H23N3O3/c1-2-12(17)15-5-3-6-16(8-7-15)13(18)11-10-19-9-4-14-11/h11,14H,2-10H2,1H3. The molecule has 0 aliphatic carbocycles. The number of ether oxygens (including phenoxy) is 1. The third-order valence-electron chi connectivity index (χ3n) is 3.68. The van der Waals surface area contributed by atoms with Crippen LogP contribution in [0.3, 0.4) is 0 Å². The van der Waals surface area contributed by atoms with E-state index in [4.69, 9.17) is 4.74 Å². The summed E-state index contributed by atoms with van der Waals surface area (Å²) in [6.07, 6.45) is 1.39. The molecule has 19 heavy (non-hydrogen) atoms. The molecule has 1 atom stereocenters. The molecule has 0 spiro atoms. The van der Waals surface area contributed by atoms with E-state index in [1.54, 1.807) is 0 Å². The summed E-state index contributed by atoms with van der Waals surface area (Å²) < 4.78 is 5.33. The van der Waals surface area contributed by atoms with E-state index >= 15 is 0 Å². The molecule has 0 aromatic heterocycles. The van der Waals surface area contributed by atoms with Crippen molar-refractivity contribution in [3.8, 4) is 0 Å². The SMILES string of the molecule is CCC(=O)N1CCCN(C(=O)C2COCCN2)CC1. The smallest absolute Gasteiger partial charge is 0.242 e. The van der Waals surface area contributed by atoms with Gasteiger partial charge in [-0.3, -0.25) is 9.59 Å². The van der Waals surface area contributed by atoms with Crippen molar-refractivity contribution in [2.45, 2.75) is 25.8 Å². The Bertz CT molecular complexity index is 329. The van der Waals surface area contributed by atoms with Gasteiger partial charge in [-0.1, -0.05) is 6.92 Å². The molecule has 2 fully saturated rings. The molecule has 6 heteroatoms. The van der Waals surface area contributed by atoms with E-state index in [2.05, 4.69) is 5.32 Å². The minimum absolute atomic E-state index is 0.102. The van der Waals surface area contributed by atoms with Crippen molar-refractivity contribution in [2.75, 3.05) is 45.9 Å². The molecular formula is C13H23N3O3. The highest BCUT2D eigenvalue weighted by molar-refractivity contribution is 5.82. The maximum atomic E-state index is 12.3. The number of carbonyl (C=O) groups excluding carboxylic acids is 2. The lowest BCUT2D eigenvalue weighted by molar-refractivity contribution is -0.137. The summed E-state index contributed by atoms with van der Waals surface area (Å²) in [6, 6.07) is -0.220. The van der Waals surface area contributed by atoms with Crippen molar-refractivity contribution < 1.29 is 14.3 Å². The Kier molecular flexibility index (Phi) is 5.15. The second-order valence-electron chi connectivity index (χ2n) is 4.99. The van der Waals surface area contributed by atoms with E-state index in [0.29, 0.717) is 32.7 Å². The summed E-state index contributed by atoms with van der Waals surface area (Å²) in [4.78, 5) is 27.7. The summed E-state index contributed by atoms with van der Waals surface area (Å²) in [5, 5.41) is 3.18. The van der Waals surface area contributed by atoms with E-state index in [0.717, 1.165) is 26.1 Å². The molecule has 0 bridgehead atoms. The number of nitrogens with zero attached hydrogens (tertiary/aromatic N) is 2. The molecule has 0 aromatic rings. The number of carbonyl (C=O) groups is 2. The van der Waals surface area contributed by atoms with Crippen LogP contribution in [0.5, 0.6) is 0 Å². The average Bonchev–Trinajstić information content (AvgIpc) is 2.72. The molecular weight excluding hydrogens is 246 g/mol. The number of rotatable bonds is 2. The van der Waals surface area contributed by atoms with E-state index in [9.17, 15) is 9.59 Å². The van der Waals surface area contributed by atoms with Crippen LogP contribution in [0.15, 0.2) is 0 Å². The summed E-state index contributed by atoms with van der Waals surface area (Å²) >= 11 is 0. The van der Waals surface area contributed by atoms with Crippen LogP contribution in [0.2, 0.25) is 0 Å². The van der Waals surface area contributed by atoms with Crippen LogP contribution in [0.1, 0.15) is 19.8 Å². The molecule has 2 saturated heterocycles. The molecule has 2 rings (SSSR count). The van der Waals surface area contributed by atoms with Crippen LogP contribution >= 0.6 is 0 Å². The van der Waals surface area contributed by atoms with Gasteiger partial charge in [0.15, 0.2) is 0 Å². The third kappa shape index (κ3) is 3.67. The number of amides is 2. The van der Waals surface area contributed by atoms with Crippen molar-refractivity contribution in [1.82, 2.24) is 15.1 Å². The van der Waals surface area contributed by atoms with Gasteiger partial charge in [-0.15, -0.1) is 0 Å². The highest BCUT2D eigenvalue weighted by Crippen LogP contribution is 2.08. The average molecular weight is 269 g/mol. The second-order valence-corrected chi connectivity index (χ2v) is 4.99. The first kappa shape index (κ1) is 14.3. The van der Waals surface area contributed by atoms with Gasteiger partial charge in [0.25, 0.3) is 0 Å². The van der Waals surface area contributed by atoms with Crippen LogP contribution in [0.4, 0.5) is 0 Å². The van der Waals surface area contributed by atoms with E-state index < -0.39 is 0 Å². The highest BCUT2D eigenvalue weighted by atomic mass is 16.5. The van der Waals surface area contributed by atoms with Gasteiger partial charge in [0.1, 0.15) is 6.04 Å². The van der Waals surface area contributed by atoms with Gasteiger partial charge in [0.05, 0.1) is 13.2 Å². The lowest BCUT2D eigenvalue weighted by atomic mass is 10.2. The fourth-order valence-corrected chi connectivity index (χ4v) is 2.56. The second kappa shape index (κ2) is 6.86. The van der Waals surface area contributed by atoms with E-state index in [1.807, 2.05) is 16.7 Å². The number of hydrogen-bond acceptors (Lipinski definition) is 4. The predicted octanol–water partition coefficient (Wildman–Crippen LogP) is -0.554. The van der Waals surface area contributed by atoms with Crippen LogP contribution < -0.4 is 5.32 Å². The van der Waals surface area contributed by atoms with E-state index in [-0.39, 0.29) is 17.9 Å². The Morgan fingerprint density at radius 1 is 1.21 bits per heavy atom. The van der Waals surface area contributed by atoms with Gasteiger partial charge in [-0.25, -0.2) is 0 Å². The molecule has 108 valence electrons. The van der Waals surface area contributed by atoms with Crippen molar-refractivity contribution >= 4 is 11.8 Å². The third-order valence-corrected chi connectivity index (χ3v) is 3.68. The van der Waals surface area contributed by atoms with Gasteiger partial charge in [-0.2, -0.15) is 0 Å². The van der Waals surface area contributed by atoms with E-state index in [1.165, 1.54) is 0 Å². The Balaban J connectivity index is 1.87. The van der Waals surface area contributed by atoms with Gasteiger partial charge in [0, 0.05) is 39.1 Å². The molecule has 6 nitrogen and oxygen atoms in total. The molecule has 2 aliphatic heterocycles. The number of morpholine rings is 1. The lowest BCUT2D eigenvalue weighted by Crippen LogP contribution is -2.53.